The molecule has 2 aromatic carbocycles. The van der Waals surface area contributed by atoms with E-state index in [1.165, 1.54) is 5.56 Å². The van der Waals surface area contributed by atoms with Crippen LogP contribution in [0.15, 0.2) is 48.6 Å². The Kier molecular flexibility index (Phi) is 8.58. The van der Waals surface area contributed by atoms with Gasteiger partial charge in [0.05, 0.1) is 17.0 Å². The van der Waals surface area contributed by atoms with Gasteiger partial charge in [-0.2, -0.15) is 0 Å². The van der Waals surface area contributed by atoms with Crippen LogP contribution in [0.1, 0.15) is 73.4 Å². The molecule has 226 valence electrons. The minimum Gasteiger partial charge on any atom is -0.487 e. The summed E-state index contributed by atoms with van der Waals surface area (Å²) >= 11 is 6.31. The van der Waals surface area contributed by atoms with Crippen LogP contribution in [0.3, 0.4) is 0 Å². The Bertz CT molecular complexity index is 1460. The molecule has 1 amide bonds. The Morgan fingerprint density at radius 1 is 1.00 bits per heavy atom. The predicted octanol–water partition coefficient (Wildman–Crippen LogP) is 5.88. The molecule has 0 spiro atoms. The predicted molar refractivity (Wildman–Crippen MR) is 165 cm³/mol. The van der Waals surface area contributed by atoms with Crippen LogP contribution < -0.4 is 14.4 Å². The number of hydrogen-bond acceptors (Lipinski definition) is 6. The molecule has 0 unspecified atom stereocenters. The molecule has 2 heterocycles. The highest BCUT2D eigenvalue weighted by molar-refractivity contribution is 7.90. The molecule has 0 saturated heterocycles. The summed E-state index contributed by atoms with van der Waals surface area (Å²) in [4.78, 5) is 15.7. The fourth-order valence-corrected chi connectivity index (χ4v) is 9.33. The smallest absolute Gasteiger partial charge is 0.264 e. The van der Waals surface area contributed by atoms with Gasteiger partial charge in [0.25, 0.3) is 5.91 Å². The lowest BCUT2D eigenvalue weighted by Gasteiger charge is -2.43. The number of aliphatic hydroxyl groups is 1. The number of amides is 1. The Morgan fingerprint density at radius 2 is 1.86 bits per heavy atom. The molecule has 7 nitrogen and oxygen atoms in total. The molecule has 6 rings (SSSR count). The molecule has 0 aromatic heterocycles. The second-order valence-corrected chi connectivity index (χ2v) is 15.0. The van der Waals surface area contributed by atoms with E-state index >= 15 is 0 Å². The average molecular weight is 613 g/mol. The van der Waals surface area contributed by atoms with Crippen molar-refractivity contribution in [2.24, 2.45) is 23.7 Å². The molecule has 2 aromatic rings. The number of carbonyl (C=O) groups is 1. The van der Waals surface area contributed by atoms with E-state index in [0.717, 1.165) is 69.3 Å². The Labute approximate surface area is 254 Å². The van der Waals surface area contributed by atoms with Crippen molar-refractivity contribution in [1.29, 1.82) is 0 Å². The van der Waals surface area contributed by atoms with Crippen molar-refractivity contribution in [3.05, 3.63) is 70.3 Å². The Morgan fingerprint density at radius 3 is 2.67 bits per heavy atom. The van der Waals surface area contributed by atoms with Gasteiger partial charge in [0.1, 0.15) is 12.4 Å². The number of allylic oxidation sites excluding steroid dienone is 1. The van der Waals surface area contributed by atoms with Crippen molar-refractivity contribution in [1.82, 2.24) is 4.72 Å². The monoisotopic (exact) mass is 612 g/mol. The lowest BCUT2D eigenvalue weighted by atomic mass is 9.69. The Hall–Kier alpha value is -2.55. The number of hydrogen-bond donors (Lipinski definition) is 2. The maximum Gasteiger partial charge on any atom is 0.264 e. The van der Waals surface area contributed by atoms with Gasteiger partial charge in [-0.05, 0) is 110 Å². The van der Waals surface area contributed by atoms with Gasteiger partial charge in [0.15, 0.2) is 0 Å². The number of nitrogens with zero attached hydrogens (tertiary/aromatic N) is 1. The van der Waals surface area contributed by atoms with Crippen molar-refractivity contribution in [2.75, 3.05) is 18.0 Å². The van der Waals surface area contributed by atoms with Crippen molar-refractivity contribution in [2.45, 2.75) is 76.3 Å². The van der Waals surface area contributed by atoms with E-state index in [0.29, 0.717) is 35.3 Å². The van der Waals surface area contributed by atoms with E-state index in [1.54, 1.807) is 18.2 Å². The standard InChI is InChI=1S/C33H41ClN2O5S/c1-21-22-6-4-7-32(21)42(39,40)35-33(38)24-11-15-31-29(18-24)36(19-25-9-13-28(25)30(37)14-10-22)16-3-2-5-23-17-27(34)12-8-26(23)20-41-31/h8,10-12,14-15,17-18,21-22,25,28,30,32,37H,2-7,9,13,16,19-20H2,1H3,(H,35,38)/b14-10+/t21-,22+,25-,28+,30-,32-/m0/s1. The number of fused-ring (bicyclic) bond motifs is 5. The van der Waals surface area contributed by atoms with E-state index in [9.17, 15) is 18.3 Å². The first-order valence-electron chi connectivity index (χ1n) is 15.4. The average Bonchev–Trinajstić information content (AvgIpc) is 2.97. The third kappa shape index (κ3) is 6.08. The Balaban J connectivity index is 1.39. The van der Waals surface area contributed by atoms with Crippen LogP contribution in [0.5, 0.6) is 5.75 Å². The number of aryl methyl sites for hydroxylation is 1. The van der Waals surface area contributed by atoms with Gasteiger partial charge in [-0.1, -0.05) is 43.2 Å². The van der Waals surface area contributed by atoms with Crippen molar-refractivity contribution in [3.63, 3.8) is 0 Å². The molecule has 6 atom stereocenters. The summed E-state index contributed by atoms with van der Waals surface area (Å²) in [6.07, 6.45) is 10.3. The molecule has 2 N–H and O–H groups in total. The summed E-state index contributed by atoms with van der Waals surface area (Å²) in [5.41, 5.74) is 3.34. The zero-order chi connectivity index (χ0) is 29.4. The zero-order valence-electron chi connectivity index (χ0n) is 24.2. The van der Waals surface area contributed by atoms with Crippen LogP contribution in [-0.2, 0) is 23.1 Å². The first-order chi connectivity index (χ1) is 20.2. The number of ether oxygens (including phenoxy) is 1. The second kappa shape index (κ2) is 12.2. The number of aliphatic hydroxyl groups excluding tert-OH is 1. The molecule has 0 radical (unpaired) electrons. The van der Waals surface area contributed by atoms with E-state index in [4.69, 9.17) is 16.3 Å². The summed E-state index contributed by atoms with van der Waals surface area (Å²) in [6, 6.07) is 11.1. The van der Waals surface area contributed by atoms with Crippen molar-refractivity contribution in [3.8, 4) is 5.75 Å². The van der Waals surface area contributed by atoms with Crippen LogP contribution in [0.25, 0.3) is 0 Å². The normalized spacial score (nSPS) is 32.1. The van der Waals surface area contributed by atoms with Crippen molar-refractivity contribution < 1.29 is 23.1 Å². The third-order valence-electron chi connectivity index (χ3n) is 10.1. The van der Waals surface area contributed by atoms with E-state index < -0.39 is 27.3 Å². The molecule has 4 aliphatic rings. The van der Waals surface area contributed by atoms with Gasteiger partial charge in [0.2, 0.25) is 10.0 Å². The summed E-state index contributed by atoms with van der Waals surface area (Å²) < 4.78 is 35.8. The van der Waals surface area contributed by atoms with Crippen molar-refractivity contribution >= 4 is 33.2 Å². The largest absolute Gasteiger partial charge is 0.487 e. The molecular weight excluding hydrogens is 572 g/mol. The lowest BCUT2D eigenvalue weighted by molar-refractivity contribution is 0.0457. The maximum absolute atomic E-state index is 13.5. The fourth-order valence-electron chi connectivity index (χ4n) is 7.36. The number of rotatable bonds is 0. The zero-order valence-corrected chi connectivity index (χ0v) is 25.7. The quantitative estimate of drug-likeness (QED) is 0.361. The highest BCUT2D eigenvalue weighted by Gasteiger charge is 2.40. The number of benzene rings is 2. The highest BCUT2D eigenvalue weighted by atomic mass is 35.5. The minimum absolute atomic E-state index is 0.0459. The summed E-state index contributed by atoms with van der Waals surface area (Å²) in [5, 5.41) is 11.3. The van der Waals surface area contributed by atoms with Crippen LogP contribution in [0, 0.1) is 23.7 Å². The van der Waals surface area contributed by atoms with Gasteiger partial charge >= 0.3 is 0 Å². The molecule has 2 aliphatic heterocycles. The first-order valence-corrected chi connectivity index (χ1v) is 17.3. The number of nitrogens with one attached hydrogen (secondary N) is 1. The van der Waals surface area contributed by atoms with Crippen LogP contribution >= 0.6 is 11.6 Å². The molecule has 2 fully saturated rings. The van der Waals surface area contributed by atoms with Crippen LogP contribution in [0.4, 0.5) is 5.69 Å². The molecular formula is C33H41ClN2O5S. The van der Waals surface area contributed by atoms with E-state index in [2.05, 4.69) is 9.62 Å². The third-order valence-corrected chi connectivity index (χ3v) is 12.3. The van der Waals surface area contributed by atoms with Crippen LogP contribution in [0.2, 0.25) is 5.02 Å². The fraction of sp³-hybridized carbons (Fsp3) is 0.545. The molecule has 9 heteroatoms. The highest BCUT2D eigenvalue weighted by Crippen LogP contribution is 2.42. The maximum atomic E-state index is 13.5. The van der Waals surface area contributed by atoms with Gasteiger partial charge in [0, 0.05) is 23.7 Å². The van der Waals surface area contributed by atoms with Gasteiger partial charge in [-0.15, -0.1) is 0 Å². The van der Waals surface area contributed by atoms with Gasteiger partial charge in [-0.25, -0.2) is 13.1 Å². The lowest BCUT2D eigenvalue weighted by Crippen LogP contribution is -2.45. The van der Waals surface area contributed by atoms with Crippen LogP contribution in [-0.4, -0.2) is 43.9 Å². The van der Waals surface area contributed by atoms with E-state index in [-0.39, 0.29) is 17.8 Å². The topological polar surface area (TPSA) is 95.9 Å². The molecule has 4 bridgehead atoms. The molecule has 42 heavy (non-hydrogen) atoms. The first kappa shape index (κ1) is 29.5. The number of carbonyl (C=O) groups excluding carboxylic acids is 1. The summed E-state index contributed by atoms with van der Waals surface area (Å²) in [7, 11) is -3.90. The number of sulfonamides is 1. The number of anilines is 1. The molecule has 2 aliphatic carbocycles. The minimum atomic E-state index is -3.90. The van der Waals surface area contributed by atoms with Gasteiger partial charge < -0.3 is 14.7 Å². The van der Waals surface area contributed by atoms with E-state index in [1.807, 2.05) is 37.3 Å². The second-order valence-electron chi connectivity index (χ2n) is 12.6. The molecule has 2 saturated carbocycles. The number of halogens is 1. The SMILES string of the molecule is C[C@H]1[C@H]2/C=C/[C@H](O)[C@@H]3CC[C@H]3CN3CCCCc4cc(Cl)ccc4COc4ccc(cc43)C(=O)NS(=O)(=O)[C@H]1CCC2. The summed E-state index contributed by atoms with van der Waals surface area (Å²) in [6.45, 7) is 3.80. The summed E-state index contributed by atoms with van der Waals surface area (Å²) in [5.74, 6) is 0.379. The van der Waals surface area contributed by atoms with Gasteiger partial charge in [-0.3, -0.25) is 4.79 Å².